The van der Waals surface area contributed by atoms with Crippen molar-refractivity contribution < 1.29 is 33.2 Å². The Morgan fingerprint density at radius 2 is 1.62 bits per heavy atom. The zero-order chi connectivity index (χ0) is 31.6. The average Bonchev–Trinajstić information content (AvgIpc) is 2.94. The number of hydrogen-bond donors (Lipinski definition) is 2. The van der Waals surface area contributed by atoms with Gasteiger partial charge in [-0.15, -0.1) is 0 Å². The third-order valence-electron chi connectivity index (χ3n) is 5.34. The summed E-state index contributed by atoms with van der Waals surface area (Å²) >= 11 is 0. The lowest BCUT2D eigenvalue weighted by Gasteiger charge is -2.20. The topological polar surface area (TPSA) is 146 Å². The van der Waals surface area contributed by atoms with Crippen LogP contribution in [-0.4, -0.2) is 53.7 Å². The second-order valence-corrected chi connectivity index (χ2v) is 10.7. The largest absolute Gasteiger partial charge is 0.493 e. The van der Waals surface area contributed by atoms with Crippen LogP contribution >= 0.6 is 0 Å². The van der Waals surface area contributed by atoms with Crippen molar-refractivity contribution in [3.8, 4) is 34.8 Å². The maximum Gasteiger partial charge on any atom is 0.263 e. The van der Waals surface area contributed by atoms with Crippen molar-refractivity contribution in [3.63, 3.8) is 0 Å². The quantitative estimate of drug-likeness (QED) is 0.272. The molecule has 0 saturated carbocycles. The first-order valence-corrected chi connectivity index (χ1v) is 13.1. The van der Waals surface area contributed by atoms with Crippen LogP contribution in [0.25, 0.3) is 11.6 Å². The van der Waals surface area contributed by atoms with E-state index in [0.29, 0.717) is 0 Å². The number of aliphatic hydroxyl groups is 1. The fourth-order valence-electron chi connectivity index (χ4n) is 3.38. The van der Waals surface area contributed by atoms with E-state index in [1.807, 2.05) is 20.8 Å². The molecular formula is C27H29N5O6S. The molecule has 0 aliphatic rings. The molecule has 0 aliphatic carbocycles. The van der Waals surface area contributed by atoms with Gasteiger partial charge in [0.05, 0.1) is 24.0 Å². The van der Waals surface area contributed by atoms with Crippen molar-refractivity contribution in [3.05, 3.63) is 72.6 Å². The normalized spacial score (nSPS) is 13.9. The molecule has 4 rings (SSSR count). The molecule has 0 radical (unpaired) electrons. The monoisotopic (exact) mass is 557 g/mol. The minimum absolute atomic E-state index is 0.0321. The lowest BCUT2D eigenvalue weighted by atomic mass is 9.87. The van der Waals surface area contributed by atoms with Crippen molar-refractivity contribution in [2.75, 3.05) is 24.9 Å². The number of hydrogen-bond acceptors (Lipinski definition) is 10. The van der Waals surface area contributed by atoms with Crippen LogP contribution in [0.15, 0.2) is 71.9 Å². The van der Waals surface area contributed by atoms with Crippen LogP contribution in [0.5, 0.6) is 23.1 Å². The molecule has 0 bridgehead atoms. The lowest BCUT2D eigenvalue weighted by molar-refractivity contribution is 0.192. The van der Waals surface area contributed by atoms with Crippen LogP contribution in [0.2, 0.25) is 0 Å². The van der Waals surface area contributed by atoms with Gasteiger partial charge >= 0.3 is 0 Å². The van der Waals surface area contributed by atoms with Crippen LogP contribution in [0.4, 0.5) is 5.82 Å². The summed E-state index contributed by atoms with van der Waals surface area (Å²) in [5.41, 5.74) is 0.666. The van der Waals surface area contributed by atoms with Gasteiger partial charge in [0, 0.05) is 12.4 Å². The minimum atomic E-state index is -4.36. The highest BCUT2D eigenvalue weighted by atomic mass is 32.2. The molecule has 0 spiro atoms. The number of anilines is 1. The third kappa shape index (κ3) is 6.59. The molecule has 2 aromatic carbocycles. The van der Waals surface area contributed by atoms with Crippen molar-refractivity contribution in [2.45, 2.75) is 31.1 Å². The Morgan fingerprint density at radius 1 is 0.949 bits per heavy atom. The average molecular weight is 558 g/mol. The molecule has 4 aromatic rings. The molecule has 204 valence electrons. The number of sulfonamides is 1. The van der Waals surface area contributed by atoms with Gasteiger partial charge in [0.2, 0.25) is 11.6 Å². The minimum Gasteiger partial charge on any atom is -0.493 e. The van der Waals surface area contributed by atoms with E-state index in [9.17, 15) is 13.5 Å². The SMILES string of the molecule is [2H][13C]([2H])(O)[13C]([2H])([2H])Oc1nc(-c2ncccn2)nc(NS(=O)(=O)c2ccc(C(C)(C)C)cc2)c1Oc1ccccc1OC. The van der Waals surface area contributed by atoms with Gasteiger partial charge in [-0.25, -0.2) is 23.4 Å². The maximum absolute atomic E-state index is 13.6. The van der Waals surface area contributed by atoms with Crippen molar-refractivity contribution in [1.29, 1.82) is 0 Å². The van der Waals surface area contributed by atoms with E-state index in [4.69, 9.17) is 19.7 Å². The predicted molar refractivity (Wildman–Crippen MR) is 145 cm³/mol. The molecule has 2 N–H and O–H groups in total. The van der Waals surface area contributed by atoms with Crippen LogP contribution < -0.4 is 18.9 Å². The van der Waals surface area contributed by atoms with E-state index in [0.717, 1.165) is 5.56 Å². The summed E-state index contributed by atoms with van der Waals surface area (Å²) < 4.78 is 77.0. The number of para-hydroxylation sites is 2. The molecular weight excluding hydrogens is 524 g/mol. The highest BCUT2D eigenvalue weighted by molar-refractivity contribution is 7.92. The number of benzene rings is 2. The first-order valence-electron chi connectivity index (χ1n) is 13.6. The lowest BCUT2D eigenvalue weighted by Crippen LogP contribution is -2.17. The van der Waals surface area contributed by atoms with Crippen LogP contribution in [0, 0.1) is 0 Å². The van der Waals surface area contributed by atoms with E-state index >= 15 is 0 Å². The van der Waals surface area contributed by atoms with Gasteiger partial charge < -0.3 is 19.3 Å². The summed E-state index contributed by atoms with van der Waals surface area (Å²) in [5.74, 6) is -2.04. The smallest absolute Gasteiger partial charge is 0.263 e. The number of rotatable bonds is 10. The summed E-state index contributed by atoms with van der Waals surface area (Å²) in [7, 11) is -2.99. The summed E-state index contributed by atoms with van der Waals surface area (Å²) in [6.45, 7) is -0.955. The van der Waals surface area contributed by atoms with E-state index in [-0.39, 0.29) is 33.5 Å². The Balaban J connectivity index is 1.93. The molecule has 0 amide bonds. The van der Waals surface area contributed by atoms with Gasteiger partial charge in [0.1, 0.15) is 6.56 Å². The van der Waals surface area contributed by atoms with Crippen LogP contribution in [0.1, 0.15) is 31.8 Å². The standard InChI is InChI=1S/C27H29N5O6S/c1-27(2,3)18-10-12-19(13-11-18)39(34,35)32-23-22(38-21-9-6-5-8-20(21)36-4)26(37-17-16-33)31-25(30-23)24-28-14-7-15-29-24/h5-15,33H,16-17H2,1-4H3,(H,30,31,32)/i16+1D2,17+1D2. The molecule has 2 aromatic heterocycles. The van der Waals surface area contributed by atoms with Crippen molar-refractivity contribution in [2.24, 2.45) is 0 Å². The van der Waals surface area contributed by atoms with E-state index < -0.39 is 40.6 Å². The van der Waals surface area contributed by atoms with Gasteiger partial charge in [-0.3, -0.25) is 4.72 Å². The number of ether oxygens (including phenoxy) is 3. The van der Waals surface area contributed by atoms with Gasteiger partial charge in [-0.05, 0) is 41.3 Å². The Hall–Kier alpha value is -4.29. The van der Waals surface area contributed by atoms with Crippen molar-refractivity contribution >= 4 is 15.8 Å². The second-order valence-electron chi connectivity index (χ2n) is 9.05. The van der Waals surface area contributed by atoms with Gasteiger partial charge in [-0.2, -0.15) is 4.98 Å². The number of aromatic nitrogens is 4. The summed E-state index contributed by atoms with van der Waals surface area (Å²) in [6.07, 6.45) is 2.75. The second kappa shape index (κ2) is 11.6. The Morgan fingerprint density at radius 3 is 2.23 bits per heavy atom. The van der Waals surface area contributed by atoms with Gasteiger partial charge in [-0.1, -0.05) is 45.0 Å². The third-order valence-corrected chi connectivity index (χ3v) is 6.69. The molecule has 12 heteroatoms. The fraction of sp³-hybridized carbons (Fsp3) is 0.259. The van der Waals surface area contributed by atoms with Gasteiger partial charge in [0.15, 0.2) is 23.1 Å². The zero-order valence-corrected chi connectivity index (χ0v) is 22.4. The van der Waals surface area contributed by atoms with Crippen LogP contribution in [-0.2, 0) is 15.4 Å². The molecule has 0 atom stereocenters. The van der Waals surface area contributed by atoms with E-state index in [1.165, 1.54) is 43.8 Å². The maximum atomic E-state index is 13.6. The fourth-order valence-corrected chi connectivity index (χ4v) is 4.38. The van der Waals surface area contributed by atoms with Crippen LogP contribution in [0.3, 0.4) is 0 Å². The summed E-state index contributed by atoms with van der Waals surface area (Å²) in [4.78, 5) is 16.4. The van der Waals surface area contributed by atoms with E-state index in [2.05, 4.69) is 24.7 Å². The van der Waals surface area contributed by atoms with E-state index in [1.54, 1.807) is 30.3 Å². The predicted octanol–water partition coefficient (Wildman–Crippen LogP) is 4.20. The highest BCUT2D eigenvalue weighted by Gasteiger charge is 2.26. The first kappa shape index (κ1) is 22.7. The molecule has 39 heavy (non-hydrogen) atoms. The first-order chi connectivity index (χ1) is 20.0. The molecule has 0 fully saturated rings. The Labute approximate surface area is 232 Å². The molecule has 0 saturated heterocycles. The van der Waals surface area contributed by atoms with Crippen molar-refractivity contribution in [1.82, 2.24) is 19.9 Å². The van der Waals surface area contributed by atoms with Gasteiger partial charge in [0.25, 0.3) is 15.9 Å². The number of nitrogens with one attached hydrogen (secondary N) is 1. The Kier molecular flexibility index (Phi) is 6.76. The highest BCUT2D eigenvalue weighted by Crippen LogP contribution is 2.41. The summed E-state index contributed by atoms with van der Waals surface area (Å²) in [6, 6.07) is 14.0. The molecule has 2 heterocycles. The number of nitrogens with zero attached hydrogens (tertiary/aromatic N) is 4. The number of methoxy groups -OCH3 is 1. The molecule has 0 aliphatic heterocycles. The Bertz CT molecular complexity index is 1700. The summed E-state index contributed by atoms with van der Waals surface area (Å²) in [5, 5.41) is 9.83. The molecule has 11 nitrogen and oxygen atoms in total. The zero-order valence-electron chi connectivity index (χ0n) is 25.5. The molecule has 0 unspecified atom stereocenters.